The highest BCUT2D eigenvalue weighted by molar-refractivity contribution is 5.83. The van der Waals surface area contributed by atoms with E-state index in [-0.39, 0.29) is 5.75 Å². The molecule has 0 fully saturated rings. The van der Waals surface area contributed by atoms with Crippen molar-refractivity contribution in [1.29, 1.82) is 0 Å². The molecule has 18 heavy (non-hydrogen) atoms. The molecule has 2 rings (SSSR count). The van der Waals surface area contributed by atoms with Gasteiger partial charge in [0, 0.05) is 12.6 Å². The summed E-state index contributed by atoms with van der Waals surface area (Å²) in [5.74, 6) is 0.527. The Labute approximate surface area is 104 Å². The molecule has 5 heteroatoms. The third-order valence-corrected chi connectivity index (χ3v) is 2.50. The van der Waals surface area contributed by atoms with Gasteiger partial charge in [-0.15, -0.1) is 0 Å². The van der Waals surface area contributed by atoms with E-state index in [0.29, 0.717) is 23.3 Å². The van der Waals surface area contributed by atoms with Crippen LogP contribution < -0.4 is 10.4 Å². The Hall–Kier alpha value is -2.01. The molecule has 0 saturated carbocycles. The lowest BCUT2D eigenvalue weighted by Crippen LogP contribution is -2.19. The Morgan fingerprint density at radius 2 is 2.11 bits per heavy atom. The smallest absolute Gasteiger partial charge is 0.339 e. The molecule has 2 aromatic rings. The van der Waals surface area contributed by atoms with Crippen LogP contribution in [-0.4, -0.2) is 37.3 Å². The second-order valence-corrected chi connectivity index (χ2v) is 4.26. The molecule has 0 unspecified atom stereocenters. The van der Waals surface area contributed by atoms with Crippen LogP contribution in [0.5, 0.6) is 11.5 Å². The summed E-state index contributed by atoms with van der Waals surface area (Å²) in [7, 11) is 3.92. The lowest BCUT2D eigenvalue weighted by molar-refractivity contribution is 0.261. The third-order valence-electron chi connectivity index (χ3n) is 2.50. The van der Waals surface area contributed by atoms with Gasteiger partial charge in [0.25, 0.3) is 0 Å². The minimum absolute atomic E-state index is 0.0823. The number of ether oxygens (including phenoxy) is 1. The summed E-state index contributed by atoms with van der Waals surface area (Å²) < 4.78 is 10.5. The zero-order chi connectivity index (χ0) is 13.1. The van der Waals surface area contributed by atoms with Gasteiger partial charge in [0.2, 0.25) is 0 Å². The molecule has 1 N–H and O–H groups in total. The van der Waals surface area contributed by atoms with Crippen molar-refractivity contribution in [2.45, 2.75) is 0 Å². The highest BCUT2D eigenvalue weighted by Crippen LogP contribution is 2.26. The van der Waals surface area contributed by atoms with E-state index in [1.165, 1.54) is 0 Å². The molecule has 0 saturated heterocycles. The van der Waals surface area contributed by atoms with Crippen LogP contribution in [-0.2, 0) is 0 Å². The maximum Gasteiger partial charge on any atom is 0.339 e. The third kappa shape index (κ3) is 2.81. The van der Waals surface area contributed by atoms with E-state index in [2.05, 4.69) is 0 Å². The van der Waals surface area contributed by atoms with E-state index in [4.69, 9.17) is 9.15 Å². The van der Waals surface area contributed by atoms with Crippen molar-refractivity contribution >= 4 is 11.0 Å². The van der Waals surface area contributed by atoms with E-state index in [1.807, 2.05) is 19.0 Å². The van der Waals surface area contributed by atoms with Crippen molar-refractivity contribution in [3.8, 4) is 11.5 Å². The van der Waals surface area contributed by atoms with Gasteiger partial charge < -0.3 is 19.2 Å². The fourth-order valence-corrected chi connectivity index (χ4v) is 1.56. The molecular weight excluding hydrogens is 234 g/mol. The van der Waals surface area contributed by atoms with Crippen molar-refractivity contribution in [1.82, 2.24) is 4.90 Å². The van der Waals surface area contributed by atoms with Crippen molar-refractivity contribution in [2.24, 2.45) is 0 Å². The number of nitrogens with zero attached hydrogens (tertiary/aromatic N) is 1. The van der Waals surface area contributed by atoms with E-state index in [1.54, 1.807) is 18.2 Å². The highest BCUT2D eigenvalue weighted by Gasteiger charge is 2.05. The zero-order valence-corrected chi connectivity index (χ0v) is 10.3. The Bertz CT molecular complexity index is 603. The van der Waals surface area contributed by atoms with Gasteiger partial charge in [-0.25, -0.2) is 4.79 Å². The van der Waals surface area contributed by atoms with Crippen LogP contribution in [0.25, 0.3) is 11.0 Å². The van der Waals surface area contributed by atoms with Crippen molar-refractivity contribution < 1.29 is 14.3 Å². The second kappa shape index (κ2) is 5.10. The fourth-order valence-electron chi connectivity index (χ4n) is 1.56. The van der Waals surface area contributed by atoms with Crippen LogP contribution in [0, 0.1) is 0 Å². The number of benzene rings is 1. The maximum atomic E-state index is 11.1. The topological polar surface area (TPSA) is 62.9 Å². The minimum atomic E-state index is -0.578. The summed E-state index contributed by atoms with van der Waals surface area (Å²) in [4.78, 5) is 13.2. The van der Waals surface area contributed by atoms with E-state index in [0.717, 1.165) is 12.6 Å². The van der Waals surface area contributed by atoms with Gasteiger partial charge in [0.15, 0.2) is 0 Å². The molecule has 0 aliphatic heterocycles. The first-order valence-corrected chi connectivity index (χ1v) is 5.60. The fraction of sp³-hybridized carbons (Fsp3) is 0.308. The van der Waals surface area contributed by atoms with Crippen LogP contribution in [0.15, 0.2) is 33.5 Å². The first-order valence-electron chi connectivity index (χ1n) is 5.60. The minimum Gasteiger partial charge on any atom is -0.507 e. The molecule has 5 nitrogen and oxygen atoms in total. The molecule has 96 valence electrons. The van der Waals surface area contributed by atoms with Crippen LogP contribution in [0.4, 0.5) is 0 Å². The van der Waals surface area contributed by atoms with Crippen LogP contribution in [0.1, 0.15) is 0 Å². The molecule has 0 bridgehead atoms. The average molecular weight is 249 g/mol. The monoisotopic (exact) mass is 249 g/mol. The molecule has 0 amide bonds. The zero-order valence-electron chi connectivity index (χ0n) is 10.3. The van der Waals surface area contributed by atoms with Gasteiger partial charge in [-0.1, -0.05) is 0 Å². The Morgan fingerprint density at radius 1 is 1.33 bits per heavy atom. The molecule has 1 aromatic heterocycles. The van der Waals surface area contributed by atoms with Crippen LogP contribution in [0.3, 0.4) is 0 Å². The molecule has 0 spiro atoms. The number of aromatic hydroxyl groups is 1. The standard InChI is InChI=1S/C13H15NO4/c1-14(2)5-6-17-9-3-4-10-11(15)8-13(16)18-12(10)7-9/h3-4,7-8,15H,5-6H2,1-2H3. The maximum absolute atomic E-state index is 11.1. The number of hydrogen-bond acceptors (Lipinski definition) is 5. The molecular formula is C13H15NO4. The normalized spacial score (nSPS) is 11.1. The molecule has 0 radical (unpaired) electrons. The highest BCUT2D eigenvalue weighted by atomic mass is 16.5. The lowest BCUT2D eigenvalue weighted by Gasteiger charge is -2.11. The SMILES string of the molecule is CN(C)CCOc1ccc2c(O)cc(=O)oc2c1. The molecule has 0 aliphatic carbocycles. The van der Waals surface area contributed by atoms with E-state index < -0.39 is 5.63 Å². The molecule has 1 aromatic carbocycles. The number of likely N-dealkylation sites (N-methyl/N-ethyl adjacent to an activating group) is 1. The predicted molar refractivity (Wildman–Crippen MR) is 68.2 cm³/mol. The van der Waals surface area contributed by atoms with Gasteiger partial charge >= 0.3 is 5.63 Å². The summed E-state index contributed by atoms with van der Waals surface area (Å²) >= 11 is 0. The Morgan fingerprint density at radius 3 is 2.83 bits per heavy atom. The van der Waals surface area contributed by atoms with Crippen molar-refractivity contribution in [3.63, 3.8) is 0 Å². The summed E-state index contributed by atoms with van der Waals surface area (Å²) in [6.07, 6.45) is 0. The molecule has 1 heterocycles. The summed E-state index contributed by atoms with van der Waals surface area (Å²) in [6.45, 7) is 1.34. The molecule has 0 atom stereocenters. The van der Waals surface area contributed by atoms with Gasteiger partial charge in [-0.05, 0) is 26.2 Å². The van der Waals surface area contributed by atoms with Crippen LogP contribution >= 0.6 is 0 Å². The number of hydrogen-bond donors (Lipinski definition) is 1. The van der Waals surface area contributed by atoms with E-state index in [9.17, 15) is 9.90 Å². The van der Waals surface area contributed by atoms with Gasteiger partial charge in [0.1, 0.15) is 23.7 Å². The predicted octanol–water partition coefficient (Wildman–Crippen LogP) is 1.44. The van der Waals surface area contributed by atoms with E-state index >= 15 is 0 Å². The van der Waals surface area contributed by atoms with Crippen LogP contribution in [0.2, 0.25) is 0 Å². The van der Waals surface area contributed by atoms with Gasteiger partial charge in [-0.2, -0.15) is 0 Å². The van der Waals surface area contributed by atoms with Crippen molar-refractivity contribution in [3.05, 3.63) is 34.7 Å². The van der Waals surface area contributed by atoms with Crippen molar-refractivity contribution in [2.75, 3.05) is 27.2 Å². The summed E-state index contributed by atoms with van der Waals surface area (Å²) in [5.41, 5.74) is -0.257. The first kappa shape index (κ1) is 12.4. The summed E-state index contributed by atoms with van der Waals surface area (Å²) in [6, 6.07) is 6.05. The average Bonchev–Trinajstić information content (AvgIpc) is 2.27. The molecule has 0 aliphatic rings. The second-order valence-electron chi connectivity index (χ2n) is 4.26. The van der Waals surface area contributed by atoms with Gasteiger partial charge in [-0.3, -0.25) is 0 Å². The first-order chi connectivity index (χ1) is 8.56. The number of rotatable bonds is 4. The quantitative estimate of drug-likeness (QED) is 0.831. The van der Waals surface area contributed by atoms with Gasteiger partial charge in [0.05, 0.1) is 11.5 Å². The number of fused-ring (bicyclic) bond motifs is 1. The Kier molecular flexibility index (Phi) is 3.53. The largest absolute Gasteiger partial charge is 0.507 e. The Balaban J connectivity index is 2.24. The lowest BCUT2D eigenvalue weighted by atomic mass is 10.2. The summed E-state index contributed by atoms with van der Waals surface area (Å²) in [5, 5.41) is 10.1.